The highest BCUT2D eigenvalue weighted by atomic mass is 32.2. The molecule has 0 unspecified atom stereocenters. The van der Waals surface area contributed by atoms with E-state index in [2.05, 4.69) is 10.3 Å². The third kappa shape index (κ3) is 5.85. The van der Waals surface area contributed by atoms with E-state index in [9.17, 15) is 13.2 Å². The van der Waals surface area contributed by atoms with Crippen molar-refractivity contribution in [3.05, 3.63) is 23.8 Å². The smallest absolute Gasteiger partial charge is 0.416 e. The number of nitriles is 1. The molecule has 4 nitrogen and oxygen atoms in total. The van der Waals surface area contributed by atoms with E-state index in [0.29, 0.717) is 0 Å². The van der Waals surface area contributed by atoms with Gasteiger partial charge in [-0.05, 0) is 39.2 Å². The molecule has 1 aromatic rings. The standard InChI is InChI=1S/C14H16F3N3OS/c1-13(2,3)21-11-6-9(14(15,16)17)5-10(7-11)20-12(22-4)19-8-18/h5-7H,1-4H3,(H,19,20). The van der Waals surface area contributed by atoms with Crippen molar-refractivity contribution in [2.75, 3.05) is 6.26 Å². The molecule has 0 spiro atoms. The number of amidine groups is 1. The van der Waals surface area contributed by atoms with Gasteiger partial charge in [-0.25, -0.2) is 4.99 Å². The molecule has 0 aliphatic carbocycles. The van der Waals surface area contributed by atoms with E-state index in [1.54, 1.807) is 33.2 Å². The number of hydrogen-bond acceptors (Lipinski definition) is 4. The second-order valence-corrected chi connectivity index (χ2v) is 6.08. The van der Waals surface area contributed by atoms with Gasteiger partial charge < -0.3 is 4.74 Å². The molecule has 0 saturated heterocycles. The van der Waals surface area contributed by atoms with Crippen molar-refractivity contribution in [2.24, 2.45) is 4.99 Å². The zero-order valence-electron chi connectivity index (χ0n) is 12.6. The SMILES string of the molecule is CSC(=Nc1cc(OC(C)(C)C)cc(C(F)(F)F)c1)NC#N. The number of benzene rings is 1. The molecule has 0 radical (unpaired) electrons. The summed E-state index contributed by atoms with van der Waals surface area (Å²) in [5, 5.41) is 11.1. The molecule has 22 heavy (non-hydrogen) atoms. The van der Waals surface area contributed by atoms with E-state index in [4.69, 9.17) is 10.00 Å². The highest BCUT2D eigenvalue weighted by molar-refractivity contribution is 8.13. The largest absolute Gasteiger partial charge is 0.488 e. The van der Waals surface area contributed by atoms with Crippen LogP contribution in [0.5, 0.6) is 5.75 Å². The number of nitrogens with zero attached hydrogens (tertiary/aromatic N) is 2. The number of ether oxygens (including phenoxy) is 1. The van der Waals surface area contributed by atoms with Gasteiger partial charge in [-0.15, -0.1) is 0 Å². The molecule has 0 heterocycles. The van der Waals surface area contributed by atoms with Gasteiger partial charge in [0.1, 0.15) is 11.4 Å². The predicted octanol–water partition coefficient (Wildman–Crippen LogP) is 4.30. The third-order valence-electron chi connectivity index (χ3n) is 2.23. The first-order valence-corrected chi connectivity index (χ1v) is 7.47. The van der Waals surface area contributed by atoms with E-state index < -0.39 is 17.3 Å². The fraction of sp³-hybridized carbons (Fsp3) is 0.429. The minimum Gasteiger partial charge on any atom is -0.488 e. The Labute approximate surface area is 131 Å². The molecule has 1 rings (SSSR count). The maximum absolute atomic E-state index is 13.0. The number of nitrogens with one attached hydrogen (secondary N) is 1. The van der Waals surface area contributed by atoms with E-state index in [0.717, 1.165) is 23.9 Å². The summed E-state index contributed by atoms with van der Waals surface area (Å²) in [4.78, 5) is 4.00. The summed E-state index contributed by atoms with van der Waals surface area (Å²) < 4.78 is 44.4. The van der Waals surface area contributed by atoms with Gasteiger partial charge >= 0.3 is 6.18 Å². The van der Waals surface area contributed by atoms with Gasteiger partial charge in [0.2, 0.25) is 0 Å². The summed E-state index contributed by atoms with van der Waals surface area (Å²) in [7, 11) is 0. The van der Waals surface area contributed by atoms with E-state index in [1.165, 1.54) is 6.07 Å². The van der Waals surface area contributed by atoms with E-state index in [-0.39, 0.29) is 16.6 Å². The highest BCUT2D eigenvalue weighted by Crippen LogP contribution is 2.36. The molecular weight excluding hydrogens is 315 g/mol. The summed E-state index contributed by atoms with van der Waals surface area (Å²) in [5.41, 5.74) is -1.44. The van der Waals surface area contributed by atoms with Crippen LogP contribution in [0, 0.1) is 11.5 Å². The van der Waals surface area contributed by atoms with Gasteiger partial charge in [-0.2, -0.15) is 18.4 Å². The first-order chi connectivity index (χ1) is 10.0. The second-order valence-electron chi connectivity index (χ2n) is 5.29. The van der Waals surface area contributed by atoms with Crippen molar-refractivity contribution in [2.45, 2.75) is 32.5 Å². The van der Waals surface area contributed by atoms with E-state index >= 15 is 0 Å². The monoisotopic (exact) mass is 331 g/mol. The molecular formula is C14H16F3N3OS. The van der Waals surface area contributed by atoms with Gasteiger partial charge in [0, 0.05) is 6.07 Å². The van der Waals surface area contributed by atoms with Crippen LogP contribution in [-0.2, 0) is 6.18 Å². The van der Waals surface area contributed by atoms with Crippen molar-refractivity contribution in [3.8, 4) is 11.9 Å². The van der Waals surface area contributed by atoms with Gasteiger partial charge in [-0.1, -0.05) is 11.8 Å². The number of halogens is 3. The molecule has 0 aliphatic heterocycles. The zero-order valence-corrected chi connectivity index (χ0v) is 13.4. The highest BCUT2D eigenvalue weighted by Gasteiger charge is 2.32. The van der Waals surface area contributed by atoms with Gasteiger partial charge in [0.25, 0.3) is 0 Å². The lowest BCUT2D eigenvalue weighted by molar-refractivity contribution is -0.137. The number of aliphatic imine (C=N–C) groups is 1. The summed E-state index contributed by atoms with van der Waals surface area (Å²) in [6.45, 7) is 5.21. The Morgan fingerprint density at radius 3 is 2.36 bits per heavy atom. The third-order valence-corrected chi connectivity index (χ3v) is 2.81. The first-order valence-electron chi connectivity index (χ1n) is 6.24. The summed E-state index contributed by atoms with van der Waals surface area (Å²) >= 11 is 1.12. The average Bonchev–Trinajstić information content (AvgIpc) is 2.34. The van der Waals surface area contributed by atoms with Crippen molar-refractivity contribution in [3.63, 3.8) is 0 Å². The summed E-state index contributed by atoms with van der Waals surface area (Å²) in [5.74, 6) is 0.0680. The van der Waals surface area contributed by atoms with Crippen LogP contribution in [0.25, 0.3) is 0 Å². The van der Waals surface area contributed by atoms with Crippen molar-refractivity contribution in [1.82, 2.24) is 5.32 Å². The molecule has 0 atom stereocenters. The Kier molecular flexibility index (Phi) is 5.72. The fourth-order valence-corrected chi connectivity index (χ4v) is 1.86. The minimum absolute atomic E-state index is 0.0566. The number of alkyl halides is 3. The molecule has 1 N–H and O–H groups in total. The lowest BCUT2D eigenvalue weighted by atomic mass is 10.1. The molecule has 0 aromatic heterocycles. The van der Waals surface area contributed by atoms with Crippen molar-refractivity contribution >= 4 is 22.6 Å². The molecule has 0 aliphatic rings. The van der Waals surface area contributed by atoms with Crippen molar-refractivity contribution in [1.29, 1.82) is 5.26 Å². The molecule has 8 heteroatoms. The normalized spacial score (nSPS) is 12.7. The van der Waals surface area contributed by atoms with E-state index in [1.807, 2.05) is 0 Å². The number of hydrogen-bond donors (Lipinski definition) is 1. The molecule has 1 aromatic carbocycles. The Balaban J connectivity index is 3.33. The van der Waals surface area contributed by atoms with Crippen LogP contribution in [-0.4, -0.2) is 17.0 Å². The van der Waals surface area contributed by atoms with Crippen LogP contribution in [0.15, 0.2) is 23.2 Å². The first kappa shape index (κ1) is 18.2. The maximum Gasteiger partial charge on any atom is 0.416 e. The number of thioether (sulfide) groups is 1. The topological polar surface area (TPSA) is 57.4 Å². The Hall–Kier alpha value is -1.88. The molecule has 0 saturated carbocycles. The maximum atomic E-state index is 13.0. The molecule has 0 fully saturated rings. The fourth-order valence-electron chi connectivity index (χ4n) is 1.51. The molecule has 0 bridgehead atoms. The lowest BCUT2D eigenvalue weighted by Gasteiger charge is -2.22. The van der Waals surface area contributed by atoms with Crippen LogP contribution in [0.3, 0.4) is 0 Å². The summed E-state index contributed by atoms with van der Waals surface area (Å²) in [6, 6.07) is 3.24. The Bertz CT molecular complexity index is 601. The van der Waals surface area contributed by atoms with Crippen LogP contribution < -0.4 is 10.1 Å². The predicted molar refractivity (Wildman–Crippen MR) is 81.2 cm³/mol. The lowest BCUT2D eigenvalue weighted by Crippen LogP contribution is -2.23. The minimum atomic E-state index is -4.51. The van der Waals surface area contributed by atoms with Gasteiger partial charge in [0.15, 0.2) is 11.4 Å². The van der Waals surface area contributed by atoms with Crippen molar-refractivity contribution < 1.29 is 17.9 Å². The van der Waals surface area contributed by atoms with Crippen LogP contribution >= 0.6 is 11.8 Å². The van der Waals surface area contributed by atoms with Crippen LogP contribution in [0.4, 0.5) is 18.9 Å². The second kappa shape index (κ2) is 6.92. The average molecular weight is 331 g/mol. The molecule has 0 amide bonds. The quantitative estimate of drug-likeness (QED) is 0.380. The Morgan fingerprint density at radius 1 is 1.27 bits per heavy atom. The molecule has 120 valence electrons. The van der Waals surface area contributed by atoms with Gasteiger partial charge in [-0.3, -0.25) is 5.32 Å². The summed E-state index contributed by atoms with van der Waals surface area (Å²) in [6.07, 6.45) is -1.17. The number of rotatable bonds is 2. The Morgan fingerprint density at radius 2 is 1.91 bits per heavy atom. The van der Waals surface area contributed by atoms with Crippen LogP contribution in [0.1, 0.15) is 26.3 Å². The zero-order chi connectivity index (χ0) is 17.0. The van der Waals surface area contributed by atoms with Crippen LogP contribution in [0.2, 0.25) is 0 Å². The van der Waals surface area contributed by atoms with Gasteiger partial charge in [0.05, 0.1) is 11.3 Å².